The normalized spacial score (nSPS) is 15.3. The second kappa shape index (κ2) is 6.14. The van der Waals surface area contributed by atoms with Crippen LogP contribution >= 0.6 is 0 Å². The van der Waals surface area contributed by atoms with Crippen molar-refractivity contribution >= 4 is 22.5 Å². The number of carbonyl (C=O) groups is 2. The average Bonchev–Trinajstić information content (AvgIpc) is 2.64. The molecule has 0 amide bonds. The zero-order chi connectivity index (χ0) is 20.3. The molecule has 2 atom stereocenters. The van der Waals surface area contributed by atoms with Gasteiger partial charge in [0.25, 0.3) is 0 Å². The van der Waals surface area contributed by atoms with E-state index in [0.29, 0.717) is 5.56 Å². The van der Waals surface area contributed by atoms with Gasteiger partial charge in [-0.1, -0.05) is 19.1 Å². The highest BCUT2D eigenvalue weighted by molar-refractivity contribution is 6.32. The van der Waals surface area contributed by atoms with Crippen molar-refractivity contribution in [2.45, 2.75) is 32.8 Å². The van der Waals surface area contributed by atoms with Crippen molar-refractivity contribution in [1.82, 2.24) is 0 Å². The van der Waals surface area contributed by atoms with E-state index in [-0.39, 0.29) is 50.2 Å². The predicted octanol–water partition coefficient (Wildman–Crippen LogP) is 3.07. The molecule has 2 aromatic carbocycles. The van der Waals surface area contributed by atoms with Gasteiger partial charge in [-0.15, -0.1) is 0 Å². The summed E-state index contributed by atoms with van der Waals surface area (Å²) in [7, 11) is 0. The van der Waals surface area contributed by atoms with Crippen LogP contribution in [0.4, 0.5) is 0 Å². The Morgan fingerprint density at radius 2 is 1.68 bits per heavy atom. The van der Waals surface area contributed by atoms with E-state index in [0.717, 1.165) is 0 Å². The molecule has 2 N–H and O–H groups in total. The second-order valence-corrected chi connectivity index (χ2v) is 7.22. The van der Waals surface area contributed by atoms with Gasteiger partial charge in [0.1, 0.15) is 17.1 Å². The van der Waals surface area contributed by atoms with E-state index >= 15 is 0 Å². The summed E-state index contributed by atoms with van der Waals surface area (Å²) in [6, 6.07) is 7.14. The molecule has 0 fully saturated rings. The van der Waals surface area contributed by atoms with Crippen molar-refractivity contribution in [1.29, 1.82) is 0 Å². The lowest BCUT2D eigenvalue weighted by molar-refractivity contribution is 0.0976. The Hall–Kier alpha value is -3.25. The molecule has 28 heavy (non-hydrogen) atoms. The molecule has 1 aromatic heterocycles. The van der Waals surface area contributed by atoms with Gasteiger partial charge in [-0.2, -0.15) is 0 Å². The van der Waals surface area contributed by atoms with Crippen LogP contribution in [0.3, 0.4) is 0 Å². The highest BCUT2D eigenvalue weighted by Crippen LogP contribution is 2.37. The number of hydrogen-bond acceptors (Lipinski definition) is 6. The van der Waals surface area contributed by atoms with E-state index in [1.165, 1.54) is 30.3 Å². The summed E-state index contributed by atoms with van der Waals surface area (Å²) in [6.07, 6.45) is -0.775. The van der Waals surface area contributed by atoms with Gasteiger partial charge < -0.3 is 14.6 Å². The third-order valence-electron chi connectivity index (χ3n) is 5.38. The number of aryl methyl sites for hydroxylation is 1. The molecule has 4 rings (SSSR count). The van der Waals surface area contributed by atoms with Gasteiger partial charge in [0.2, 0.25) is 5.78 Å². The standard InChI is InChI=1S/C22H18O6/c1-9-7-13-19(21(27)18-12(20(13)26)5-4-6-14(18)24)22-17(9)15(25)8-16(28-22)10(2)11(3)23/h4-8,10-11,23-24H,1-3H3. The number of ketones is 2. The number of phenols is 1. The van der Waals surface area contributed by atoms with Gasteiger partial charge in [-0.05, 0) is 31.5 Å². The van der Waals surface area contributed by atoms with Gasteiger partial charge in [0.15, 0.2) is 11.2 Å². The molecule has 0 radical (unpaired) electrons. The summed E-state index contributed by atoms with van der Waals surface area (Å²) in [5.41, 5.74) is 0.302. The first kappa shape index (κ1) is 18.1. The van der Waals surface area contributed by atoms with Crippen molar-refractivity contribution in [2.24, 2.45) is 0 Å². The first-order valence-electron chi connectivity index (χ1n) is 8.93. The molecule has 1 aliphatic carbocycles. The number of benzene rings is 2. The zero-order valence-corrected chi connectivity index (χ0v) is 15.6. The summed E-state index contributed by atoms with van der Waals surface area (Å²) in [5.74, 6) is -1.54. The van der Waals surface area contributed by atoms with E-state index in [2.05, 4.69) is 0 Å². The first-order chi connectivity index (χ1) is 13.2. The van der Waals surface area contributed by atoms with Gasteiger partial charge >= 0.3 is 0 Å². The second-order valence-electron chi connectivity index (χ2n) is 7.22. The molecule has 0 saturated heterocycles. The molecule has 1 heterocycles. The summed E-state index contributed by atoms with van der Waals surface area (Å²) in [4.78, 5) is 38.9. The molecule has 6 nitrogen and oxygen atoms in total. The van der Waals surface area contributed by atoms with Crippen LogP contribution < -0.4 is 5.43 Å². The lowest BCUT2D eigenvalue weighted by atomic mass is 9.81. The zero-order valence-electron chi connectivity index (χ0n) is 15.6. The van der Waals surface area contributed by atoms with Crippen molar-refractivity contribution < 1.29 is 24.2 Å². The Kier molecular flexibility index (Phi) is 3.97. The predicted molar refractivity (Wildman–Crippen MR) is 102 cm³/mol. The Balaban J connectivity index is 2.13. The Morgan fingerprint density at radius 3 is 2.36 bits per heavy atom. The fourth-order valence-corrected chi connectivity index (χ4v) is 3.65. The minimum Gasteiger partial charge on any atom is -0.507 e. The third-order valence-corrected chi connectivity index (χ3v) is 5.38. The molecule has 0 aliphatic heterocycles. The number of rotatable bonds is 2. The van der Waals surface area contributed by atoms with Crippen LogP contribution in [0.15, 0.2) is 39.5 Å². The maximum absolute atomic E-state index is 13.2. The van der Waals surface area contributed by atoms with Crippen LogP contribution in [-0.2, 0) is 0 Å². The summed E-state index contributed by atoms with van der Waals surface area (Å²) < 4.78 is 5.90. The van der Waals surface area contributed by atoms with E-state index < -0.39 is 23.6 Å². The summed E-state index contributed by atoms with van der Waals surface area (Å²) in [6.45, 7) is 4.95. The van der Waals surface area contributed by atoms with E-state index in [1.54, 1.807) is 20.8 Å². The molecular formula is C22H18O6. The van der Waals surface area contributed by atoms with Crippen LogP contribution in [0.1, 0.15) is 62.9 Å². The summed E-state index contributed by atoms with van der Waals surface area (Å²) in [5, 5.41) is 20.3. The van der Waals surface area contributed by atoms with Crippen LogP contribution in [-0.4, -0.2) is 27.9 Å². The minimum absolute atomic E-state index is 0.0113. The van der Waals surface area contributed by atoms with Crippen LogP contribution in [0.5, 0.6) is 5.75 Å². The minimum atomic E-state index is -0.775. The number of aliphatic hydroxyl groups is 1. The lowest BCUT2D eigenvalue weighted by Crippen LogP contribution is -2.23. The molecule has 6 heteroatoms. The highest BCUT2D eigenvalue weighted by atomic mass is 16.3. The van der Waals surface area contributed by atoms with Crippen molar-refractivity contribution in [2.75, 3.05) is 0 Å². The van der Waals surface area contributed by atoms with Crippen LogP contribution in [0.2, 0.25) is 0 Å². The number of hydrogen-bond donors (Lipinski definition) is 2. The Labute approximate surface area is 160 Å². The summed E-state index contributed by atoms with van der Waals surface area (Å²) >= 11 is 0. The highest BCUT2D eigenvalue weighted by Gasteiger charge is 2.35. The molecule has 1 aliphatic rings. The van der Waals surface area contributed by atoms with Crippen LogP contribution in [0, 0.1) is 6.92 Å². The fraction of sp³-hybridized carbons (Fsp3) is 0.227. The van der Waals surface area contributed by atoms with Gasteiger partial charge in [-0.25, -0.2) is 0 Å². The molecule has 0 spiro atoms. The van der Waals surface area contributed by atoms with E-state index in [4.69, 9.17) is 4.42 Å². The molecule has 0 saturated carbocycles. The molecule has 2 unspecified atom stereocenters. The number of aliphatic hydroxyl groups excluding tert-OH is 1. The number of fused-ring (bicyclic) bond motifs is 4. The maximum atomic E-state index is 13.2. The smallest absolute Gasteiger partial charge is 0.202 e. The van der Waals surface area contributed by atoms with Crippen LogP contribution in [0.25, 0.3) is 11.0 Å². The monoisotopic (exact) mass is 378 g/mol. The number of phenolic OH excluding ortho intramolecular Hbond substituents is 1. The number of aromatic hydroxyl groups is 1. The Morgan fingerprint density at radius 1 is 0.964 bits per heavy atom. The van der Waals surface area contributed by atoms with Gasteiger partial charge in [-0.3, -0.25) is 14.4 Å². The quantitative estimate of drug-likeness (QED) is 0.555. The molecule has 3 aromatic rings. The van der Waals surface area contributed by atoms with Crippen molar-refractivity contribution in [3.05, 3.63) is 74.1 Å². The topological polar surface area (TPSA) is 105 Å². The molecule has 142 valence electrons. The molecular weight excluding hydrogens is 360 g/mol. The first-order valence-corrected chi connectivity index (χ1v) is 8.93. The third kappa shape index (κ3) is 2.42. The molecule has 0 bridgehead atoms. The fourth-order valence-electron chi connectivity index (χ4n) is 3.65. The SMILES string of the molecule is Cc1cc2c(c3oc(C(C)C(C)O)cc(=O)c13)C(=O)c1c(O)cccc1C2=O. The van der Waals surface area contributed by atoms with Gasteiger partial charge in [0.05, 0.1) is 22.6 Å². The van der Waals surface area contributed by atoms with Crippen molar-refractivity contribution in [3.63, 3.8) is 0 Å². The van der Waals surface area contributed by atoms with Gasteiger partial charge in [0, 0.05) is 23.1 Å². The van der Waals surface area contributed by atoms with E-state index in [1.807, 2.05) is 0 Å². The number of carbonyl (C=O) groups excluding carboxylic acids is 2. The lowest BCUT2D eigenvalue weighted by Gasteiger charge is -2.21. The van der Waals surface area contributed by atoms with E-state index in [9.17, 15) is 24.6 Å². The largest absolute Gasteiger partial charge is 0.507 e. The van der Waals surface area contributed by atoms with Crippen molar-refractivity contribution in [3.8, 4) is 5.75 Å². The Bertz CT molecular complexity index is 1230. The average molecular weight is 378 g/mol. The maximum Gasteiger partial charge on any atom is 0.202 e.